The molecule has 176 valence electrons. The number of rotatable bonds is 8. The summed E-state index contributed by atoms with van der Waals surface area (Å²) in [5.41, 5.74) is 0.542. The highest BCUT2D eigenvalue weighted by molar-refractivity contribution is 6.58. The Labute approximate surface area is 184 Å². The maximum atomic E-state index is 14.2. The van der Waals surface area contributed by atoms with E-state index in [1.54, 1.807) is 0 Å². The van der Waals surface area contributed by atoms with Gasteiger partial charge in [-0.3, -0.25) is 0 Å². The molecule has 1 aromatic carbocycles. The van der Waals surface area contributed by atoms with Crippen LogP contribution in [0.1, 0.15) is 76.2 Å². The molecule has 2 aliphatic rings. The average Bonchev–Trinajstić information content (AvgIpc) is 2.73. The molecule has 1 aromatic rings. The Morgan fingerprint density at radius 3 is 2.03 bits per heavy atom. The van der Waals surface area contributed by atoms with E-state index in [9.17, 15) is 22.0 Å². The van der Waals surface area contributed by atoms with Crippen molar-refractivity contribution in [2.45, 2.75) is 94.9 Å². The van der Waals surface area contributed by atoms with Gasteiger partial charge in [-0.15, -0.1) is 0 Å². The molecule has 3 rings (SSSR count). The lowest BCUT2D eigenvalue weighted by molar-refractivity contribution is -0.154. The van der Waals surface area contributed by atoms with Crippen LogP contribution in [0.15, 0.2) is 12.1 Å². The molecule has 1 aliphatic carbocycles. The van der Waals surface area contributed by atoms with E-state index in [0.717, 1.165) is 43.7 Å². The van der Waals surface area contributed by atoms with Crippen LogP contribution in [0.3, 0.4) is 0 Å². The van der Waals surface area contributed by atoms with Crippen molar-refractivity contribution in [1.29, 1.82) is 0 Å². The maximum absolute atomic E-state index is 14.2. The molecule has 1 heterocycles. The second kappa shape index (κ2) is 11.1. The van der Waals surface area contributed by atoms with Crippen LogP contribution in [-0.4, -0.2) is 21.6 Å². The fourth-order valence-corrected chi connectivity index (χ4v) is 9.19. The normalized spacial score (nSPS) is 27.3. The summed E-state index contributed by atoms with van der Waals surface area (Å²) in [6.45, 7) is 0.558. The standard InChI is InChI=1S/C24H35F5OSi/c1-2-3-4-11-31-12-9-19(10-13-31)17-5-7-18(8-6-17)20-14-21(25)23(22(26)15-20)30-16-24(27,28)29/h14-15,17-19,31H,2-13,16H2,1H3. The van der Waals surface area contributed by atoms with E-state index >= 15 is 0 Å². The van der Waals surface area contributed by atoms with Gasteiger partial charge in [0.25, 0.3) is 0 Å². The van der Waals surface area contributed by atoms with Crippen LogP contribution in [0.2, 0.25) is 18.1 Å². The molecule has 0 aromatic heterocycles. The molecule has 0 spiro atoms. The van der Waals surface area contributed by atoms with Crippen LogP contribution in [0.5, 0.6) is 5.75 Å². The molecule has 7 heteroatoms. The fourth-order valence-electron chi connectivity index (χ4n) is 5.66. The zero-order valence-electron chi connectivity index (χ0n) is 18.5. The lowest BCUT2D eigenvalue weighted by atomic mass is 9.72. The van der Waals surface area contributed by atoms with Crippen molar-refractivity contribution >= 4 is 8.80 Å². The summed E-state index contributed by atoms with van der Waals surface area (Å²) in [5, 5.41) is 0. The molecule has 0 atom stereocenters. The van der Waals surface area contributed by atoms with Crippen LogP contribution < -0.4 is 4.74 Å². The molecule has 0 radical (unpaired) electrons. The molecule has 0 amide bonds. The third-order valence-corrected chi connectivity index (χ3v) is 10.9. The average molecular weight is 463 g/mol. The Morgan fingerprint density at radius 1 is 0.903 bits per heavy atom. The van der Waals surface area contributed by atoms with Crippen LogP contribution in [0, 0.1) is 23.5 Å². The lowest BCUT2D eigenvalue weighted by Crippen LogP contribution is -2.28. The van der Waals surface area contributed by atoms with Gasteiger partial charge in [0.1, 0.15) is 0 Å². The minimum atomic E-state index is -4.63. The van der Waals surface area contributed by atoms with Crippen molar-refractivity contribution in [3.05, 3.63) is 29.3 Å². The van der Waals surface area contributed by atoms with Crippen LogP contribution in [0.4, 0.5) is 22.0 Å². The van der Waals surface area contributed by atoms with Crippen LogP contribution in [-0.2, 0) is 0 Å². The zero-order chi connectivity index (χ0) is 22.4. The van der Waals surface area contributed by atoms with Gasteiger partial charge >= 0.3 is 6.18 Å². The molecule has 1 nitrogen and oxygen atoms in total. The largest absolute Gasteiger partial charge is 0.478 e. The summed E-state index contributed by atoms with van der Waals surface area (Å²) < 4.78 is 69.7. The topological polar surface area (TPSA) is 9.23 Å². The van der Waals surface area contributed by atoms with Crippen molar-refractivity contribution in [2.24, 2.45) is 11.8 Å². The molecule has 1 saturated carbocycles. The molecular formula is C24H35F5OSi. The Balaban J connectivity index is 1.48. The van der Waals surface area contributed by atoms with Crippen molar-refractivity contribution < 1.29 is 26.7 Å². The van der Waals surface area contributed by atoms with Gasteiger partial charge in [0.15, 0.2) is 24.0 Å². The maximum Gasteiger partial charge on any atom is 0.422 e. The van der Waals surface area contributed by atoms with Crippen molar-refractivity contribution in [3.8, 4) is 5.75 Å². The highest BCUT2D eigenvalue weighted by Crippen LogP contribution is 2.44. The van der Waals surface area contributed by atoms with Gasteiger partial charge in [-0.05, 0) is 61.1 Å². The second-order valence-corrected chi connectivity index (χ2v) is 13.1. The van der Waals surface area contributed by atoms with Gasteiger partial charge in [-0.2, -0.15) is 13.2 Å². The SMILES string of the molecule is CCCCC[SiH]1CCC(C2CCC(c3cc(F)c(OCC(F)(F)F)c(F)c3)CC2)CC1. The first-order valence-corrected chi connectivity index (χ1v) is 14.4. The number of halogens is 5. The Hall–Kier alpha value is -1.11. The summed E-state index contributed by atoms with van der Waals surface area (Å²) in [6.07, 6.45) is 6.11. The first-order valence-electron chi connectivity index (χ1n) is 11.9. The molecule has 0 unspecified atom stereocenters. The first kappa shape index (κ1) is 24.5. The molecule has 1 saturated heterocycles. The molecular weight excluding hydrogens is 427 g/mol. The van der Waals surface area contributed by atoms with E-state index in [1.165, 1.54) is 50.2 Å². The quantitative estimate of drug-likeness (QED) is 0.216. The van der Waals surface area contributed by atoms with E-state index in [0.29, 0.717) is 11.5 Å². The first-order chi connectivity index (χ1) is 14.8. The van der Waals surface area contributed by atoms with Crippen LogP contribution in [0.25, 0.3) is 0 Å². The highest BCUT2D eigenvalue weighted by atomic mass is 28.3. The van der Waals surface area contributed by atoms with Crippen molar-refractivity contribution in [3.63, 3.8) is 0 Å². The molecule has 0 N–H and O–H groups in total. The number of benzene rings is 1. The van der Waals surface area contributed by atoms with Gasteiger partial charge in [0.2, 0.25) is 0 Å². The number of hydrogen-bond donors (Lipinski definition) is 0. The van der Waals surface area contributed by atoms with Gasteiger partial charge in [0, 0.05) is 8.80 Å². The Morgan fingerprint density at radius 2 is 1.48 bits per heavy atom. The number of ether oxygens (including phenoxy) is 1. The number of alkyl halides is 3. The minimum absolute atomic E-state index is 0.0664. The number of unbranched alkanes of at least 4 members (excludes halogenated alkanes) is 2. The second-order valence-electron chi connectivity index (χ2n) is 9.61. The van der Waals surface area contributed by atoms with Gasteiger partial charge in [-0.25, -0.2) is 8.78 Å². The van der Waals surface area contributed by atoms with Gasteiger partial charge < -0.3 is 4.74 Å². The zero-order valence-corrected chi connectivity index (χ0v) is 19.6. The summed E-state index contributed by atoms with van der Waals surface area (Å²) in [7, 11) is -0.511. The molecule has 2 fully saturated rings. The predicted octanol–water partition coefficient (Wildman–Crippen LogP) is 8.01. The Bertz CT molecular complexity index is 669. The van der Waals surface area contributed by atoms with Crippen LogP contribution >= 0.6 is 0 Å². The predicted molar refractivity (Wildman–Crippen MR) is 116 cm³/mol. The van der Waals surface area contributed by atoms with Crippen molar-refractivity contribution in [1.82, 2.24) is 0 Å². The minimum Gasteiger partial charge on any atom is -0.478 e. The van der Waals surface area contributed by atoms with E-state index in [4.69, 9.17) is 0 Å². The Kier molecular flexibility index (Phi) is 8.82. The summed E-state index contributed by atoms with van der Waals surface area (Å²) >= 11 is 0. The molecule has 1 aliphatic heterocycles. The van der Waals surface area contributed by atoms with E-state index in [1.807, 2.05) is 0 Å². The van der Waals surface area contributed by atoms with E-state index in [-0.39, 0.29) is 5.92 Å². The van der Waals surface area contributed by atoms with Gasteiger partial charge in [-0.1, -0.05) is 57.2 Å². The highest BCUT2D eigenvalue weighted by Gasteiger charge is 2.33. The molecule has 31 heavy (non-hydrogen) atoms. The van der Waals surface area contributed by atoms with E-state index < -0.39 is 39.0 Å². The smallest absolute Gasteiger partial charge is 0.422 e. The number of hydrogen-bond acceptors (Lipinski definition) is 1. The summed E-state index contributed by atoms with van der Waals surface area (Å²) in [5.74, 6) is -1.44. The summed E-state index contributed by atoms with van der Waals surface area (Å²) in [4.78, 5) is 0. The van der Waals surface area contributed by atoms with E-state index in [2.05, 4.69) is 11.7 Å². The monoisotopic (exact) mass is 462 g/mol. The lowest BCUT2D eigenvalue weighted by Gasteiger charge is -2.37. The third-order valence-electron chi connectivity index (χ3n) is 7.42. The molecule has 0 bridgehead atoms. The fraction of sp³-hybridized carbons (Fsp3) is 0.750. The summed E-state index contributed by atoms with van der Waals surface area (Å²) in [6, 6.07) is 6.78. The van der Waals surface area contributed by atoms with Gasteiger partial charge in [0.05, 0.1) is 0 Å². The third kappa shape index (κ3) is 7.19. The van der Waals surface area contributed by atoms with Crippen molar-refractivity contribution in [2.75, 3.05) is 6.61 Å².